The largest absolute Gasteiger partial charge is 0.496 e. The summed E-state index contributed by atoms with van der Waals surface area (Å²) in [7, 11) is 4.35. The molecule has 0 aliphatic carbocycles. The third kappa shape index (κ3) is 4.98. The highest BCUT2D eigenvalue weighted by molar-refractivity contribution is 6.03. The number of hydrazone groups is 1. The summed E-state index contributed by atoms with van der Waals surface area (Å²) in [6.45, 7) is 1.49. The van der Waals surface area contributed by atoms with Gasteiger partial charge in [0.15, 0.2) is 18.1 Å². The Morgan fingerprint density at radius 1 is 1.00 bits per heavy atom. The molecule has 2 heterocycles. The van der Waals surface area contributed by atoms with E-state index in [1.165, 1.54) is 38.5 Å². The molecule has 0 saturated heterocycles. The minimum absolute atomic E-state index is 0.103. The Balaban J connectivity index is 1.53. The van der Waals surface area contributed by atoms with Crippen molar-refractivity contribution in [2.45, 2.75) is 19.4 Å². The van der Waals surface area contributed by atoms with Crippen LogP contribution in [0.25, 0.3) is 0 Å². The van der Waals surface area contributed by atoms with Gasteiger partial charge in [0.05, 0.1) is 33.3 Å². The van der Waals surface area contributed by atoms with Crippen LogP contribution in [0.4, 0.5) is 0 Å². The highest BCUT2D eigenvalue weighted by Gasteiger charge is 2.35. The van der Waals surface area contributed by atoms with E-state index in [9.17, 15) is 9.59 Å². The van der Waals surface area contributed by atoms with Crippen LogP contribution in [0.3, 0.4) is 0 Å². The Labute approximate surface area is 202 Å². The van der Waals surface area contributed by atoms with Crippen LogP contribution in [0.2, 0.25) is 0 Å². The van der Waals surface area contributed by atoms with Gasteiger partial charge in [-0.3, -0.25) is 4.79 Å². The van der Waals surface area contributed by atoms with Crippen LogP contribution in [0.1, 0.15) is 39.7 Å². The molecule has 1 amide bonds. The average Bonchev–Trinajstić information content (AvgIpc) is 3.57. The van der Waals surface area contributed by atoms with Crippen LogP contribution in [0, 0.1) is 6.92 Å². The van der Waals surface area contributed by atoms with E-state index < -0.39 is 24.5 Å². The lowest BCUT2D eigenvalue weighted by Gasteiger charge is -2.20. The number of hydrogen-bond donors (Lipinski definition) is 0. The highest BCUT2D eigenvalue weighted by atomic mass is 16.5. The third-order valence-corrected chi connectivity index (χ3v) is 5.67. The summed E-state index contributed by atoms with van der Waals surface area (Å²) in [6.07, 6.45) is 2.02. The first-order valence-corrected chi connectivity index (χ1v) is 10.9. The summed E-state index contributed by atoms with van der Waals surface area (Å²) >= 11 is 0. The van der Waals surface area contributed by atoms with Gasteiger partial charge in [0.1, 0.15) is 23.1 Å². The van der Waals surface area contributed by atoms with Gasteiger partial charge in [-0.25, -0.2) is 9.80 Å². The highest BCUT2D eigenvalue weighted by Crippen LogP contribution is 2.36. The number of esters is 1. The first kappa shape index (κ1) is 23.9. The fourth-order valence-electron chi connectivity index (χ4n) is 3.82. The zero-order valence-corrected chi connectivity index (χ0v) is 19.9. The lowest BCUT2D eigenvalue weighted by molar-refractivity contribution is -0.136. The number of methoxy groups -OCH3 is 3. The second kappa shape index (κ2) is 10.3. The predicted molar refractivity (Wildman–Crippen MR) is 127 cm³/mol. The minimum atomic E-state index is -0.743. The summed E-state index contributed by atoms with van der Waals surface area (Å²) in [6, 6.07) is 14.0. The van der Waals surface area contributed by atoms with Gasteiger partial charge in [0, 0.05) is 18.6 Å². The third-order valence-electron chi connectivity index (χ3n) is 5.67. The molecule has 9 nitrogen and oxygen atoms in total. The summed E-state index contributed by atoms with van der Waals surface area (Å²) < 4.78 is 26.7. The number of ether oxygens (including phenoxy) is 4. The van der Waals surface area contributed by atoms with Gasteiger partial charge >= 0.3 is 5.97 Å². The van der Waals surface area contributed by atoms with Gasteiger partial charge in [-0.2, -0.15) is 5.10 Å². The molecule has 0 saturated carbocycles. The molecule has 1 aliphatic rings. The molecule has 0 bridgehead atoms. The number of furan rings is 1. The maximum Gasteiger partial charge on any atom is 0.342 e. The van der Waals surface area contributed by atoms with Gasteiger partial charge < -0.3 is 23.4 Å². The molecule has 0 spiro atoms. The van der Waals surface area contributed by atoms with Crippen LogP contribution in [-0.4, -0.2) is 50.5 Å². The van der Waals surface area contributed by atoms with Crippen molar-refractivity contribution in [2.75, 3.05) is 27.9 Å². The fraction of sp³-hybridized carbons (Fsp3) is 0.269. The lowest BCUT2D eigenvalue weighted by Crippen LogP contribution is -2.31. The van der Waals surface area contributed by atoms with E-state index in [-0.39, 0.29) is 11.3 Å². The summed E-state index contributed by atoms with van der Waals surface area (Å²) in [5, 5.41) is 5.86. The molecule has 1 aromatic heterocycles. The molecule has 0 fully saturated rings. The summed E-state index contributed by atoms with van der Waals surface area (Å²) in [5.74, 6) is 0.324. The number of benzene rings is 2. The monoisotopic (exact) mass is 478 g/mol. The van der Waals surface area contributed by atoms with Gasteiger partial charge in [0.25, 0.3) is 5.91 Å². The molecule has 0 N–H and O–H groups in total. The predicted octanol–water partition coefficient (Wildman–Crippen LogP) is 4.15. The van der Waals surface area contributed by atoms with Crippen molar-refractivity contribution in [3.63, 3.8) is 0 Å². The van der Waals surface area contributed by atoms with Gasteiger partial charge in [-0.1, -0.05) is 29.8 Å². The van der Waals surface area contributed by atoms with E-state index in [4.69, 9.17) is 23.4 Å². The van der Waals surface area contributed by atoms with E-state index in [0.717, 1.165) is 16.8 Å². The maximum absolute atomic E-state index is 13.1. The topological polar surface area (TPSA) is 99.8 Å². The van der Waals surface area contributed by atoms with Crippen molar-refractivity contribution < 1.29 is 33.0 Å². The molecule has 0 unspecified atom stereocenters. The van der Waals surface area contributed by atoms with E-state index in [1.807, 2.05) is 31.2 Å². The van der Waals surface area contributed by atoms with Crippen molar-refractivity contribution in [3.8, 4) is 17.2 Å². The van der Waals surface area contributed by atoms with Crippen molar-refractivity contribution in [2.24, 2.45) is 5.10 Å². The summed E-state index contributed by atoms with van der Waals surface area (Å²) in [5.41, 5.74) is 2.88. The molecule has 3 aromatic rings. The second-order valence-electron chi connectivity index (χ2n) is 7.87. The smallest absolute Gasteiger partial charge is 0.342 e. The number of aryl methyl sites for hydroxylation is 1. The van der Waals surface area contributed by atoms with Crippen LogP contribution in [0.5, 0.6) is 17.2 Å². The Morgan fingerprint density at radius 3 is 2.31 bits per heavy atom. The van der Waals surface area contributed by atoms with E-state index >= 15 is 0 Å². The summed E-state index contributed by atoms with van der Waals surface area (Å²) in [4.78, 5) is 25.9. The first-order valence-electron chi connectivity index (χ1n) is 10.9. The van der Waals surface area contributed by atoms with Crippen molar-refractivity contribution >= 4 is 17.6 Å². The normalized spacial score (nSPS) is 14.9. The first-order chi connectivity index (χ1) is 16.9. The number of carbonyl (C=O) groups excluding carboxylic acids is 2. The number of hydrogen-bond acceptors (Lipinski definition) is 8. The molecule has 9 heteroatoms. The molecule has 2 aromatic carbocycles. The van der Waals surface area contributed by atoms with Crippen molar-refractivity contribution in [1.82, 2.24) is 5.01 Å². The average molecular weight is 479 g/mol. The molecule has 182 valence electrons. The number of nitrogens with zero attached hydrogens (tertiary/aromatic N) is 2. The SMILES string of the molecule is COc1cc(OC)c(C(=O)OCC(=O)N2N=C(c3ccc(C)cc3)C[C@@H]2c2ccco2)cc1OC. The molecular formula is C26H26N2O7. The Morgan fingerprint density at radius 2 is 1.69 bits per heavy atom. The number of rotatable bonds is 8. The van der Waals surface area contributed by atoms with Crippen LogP contribution < -0.4 is 14.2 Å². The van der Waals surface area contributed by atoms with Crippen LogP contribution >= 0.6 is 0 Å². The Bertz CT molecular complexity index is 1230. The minimum Gasteiger partial charge on any atom is -0.496 e. The van der Waals surface area contributed by atoms with Crippen LogP contribution in [-0.2, 0) is 9.53 Å². The quantitative estimate of drug-likeness (QED) is 0.449. The molecular weight excluding hydrogens is 452 g/mol. The Kier molecular flexibility index (Phi) is 7.05. The molecule has 1 aliphatic heterocycles. The van der Waals surface area contributed by atoms with E-state index in [1.54, 1.807) is 18.4 Å². The van der Waals surface area contributed by atoms with Crippen molar-refractivity contribution in [3.05, 3.63) is 77.2 Å². The van der Waals surface area contributed by atoms with Gasteiger partial charge in [-0.05, 0) is 24.6 Å². The molecule has 1 atom stereocenters. The standard InChI is InChI=1S/C26H26N2O7/c1-16-7-9-17(10-8-16)19-13-20(21-6-5-11-34-21)28(27-19)25(29)15-35-26(30)18-12-23(32-3)24(33-4)14-22(18)31-2/h5-12,14,20H,13,15H2,1-4H3/t20-/m1/s1. The second-order valence-corrected chi connectivity index (χ2v) is 7.87. The van der Waals surface area contributed by atoms with E-state index in [0.29, 0.717) is 23.7 Å². The number of carbonyl (C=O) groups is 2. The molecule has 0 radical (unpaired) electrons. The Hall–Kier alpha value is -4.27. The fourth-order valence-corrected chi connectivity index (χ4v) is 3.82. The van der Waals surface area contributed by atoms with Crippen LogP contribution in [0.15, 0.2) is 64.3 Å². The van der Waals surface area contributed by atoms with Crippen molar-refractivity contribution in [1.29, 1.82) is 0 Å². The van der Waals surface area contributed by atoms with Gasteiger partial charge in [0.2, 0.25) is 0 Å². The maximum atomic E-state index is 13.1. The lowest BCUT2D eigenvalue weighted by atomic mass is 10.0. The zero-order valence-electron chi connectivity index (χ0n) is 19.9. The molecule has 35 heavy (non-hydrogen) atoms. The number of amides is 1. The zero-order chi connectivity index (χ0) is 24.9. The van der Waals surface area contributed by atoms with Gasteiger partial charge in [-0.15, -0.1) is 0 Å². The van der Waals surface area contributed by atoms with E-state index in [2.05, 4.69) is 5.10 Å². The molecule has 4 rings (SSSR count).